The van der Waals surface area contributed by atoms with Gasteiger partial charge in [0.15, 0.2) is 0 Å². The Hall–Kier alpha value is -1.29. The molecule has 0 aliphatic carbocycles. The number of nitrogens with one attached hydrogen (secondary N) is 2. The second-order valence-corrected chi connectivity index (χ2v) is 4.35. The normalized spacial score (nSPS) is 11.9. The molecule has 1 aromatic heterocycles. The van der Waals surface area contributed by atoms with Crippen LogP contribution in [-0.4, -0.2) is 23.5 Å². The lowest BCUT2D eigenvalue weighted by atomic mass is 10.2. The molecule has 1 rings (SSSR count). The molecular weight excluding hydrogens is 238 g/mol. The van der Waals surface area contributed by atoms with Crippen molar-refractivity contribution in [1.29, 1.82) is 0 Å². The molecule has 0 bridgehead atoms. The molecule has 1 heterocycles. The number of aromatic nitrogens is 1. The molecule has 0 saturated heterocycles. The van der Waals surface area contributed by atoms with E-state index in [2.05, 4.69) is 15.6 Å². The minimum absolute atomic E-state index is 0.0563. The molecule has 1 amide bonds. The fourth-order valence-electron chi connectivity index (χ4n) is 1.23. The van der Waals surface area contributed by atoms with E-state index in [1.54, 1.807) is 18.3 Å². The fraction of sp³-hybridized carbons (Fsp3) is 0.500. The Morgan fingerprint density at radius 2 is 2.29 bits per heavy atom. The van der Waals surface area contributed by atoms with Crippen LogP contribution in [0.3, 0.4) is 0 Å². The van der Waals surface area contributed by atoms with E-state index in [-0.39, 0.29) is 11.9 Å². The lowest BCUT2D eigenvalue weighted by Gasteiger charge is -2.11. The lowest BCUT2D eigenvalue weighted by Crippen LogP contribution is -2.32. The van der Waals surface area contributed by atoms with Crippen LogP contribution in [0.2, 0.25) is 5.02 Å². The van der Waals surface area contributed by atoms with E-state index in [1.165, 1.54) is 0 Å². The molecule has 0 fully saturated rings. The number of anilines is 1. The second-order valence-electron chi connectivity index (χ2n) is 3.92. The Morgan fingerprint density at radius 3 is 2.88 bits per heavy atom. The molecule has 1 atom stereocenters. The maximum absolute atomic E-state index is 11.5. The van der Waals surface area contributed by atoms with Gasteiger partial charge in [-0.2, -0.15) is 0 Å². The number of halogens is 1. The van der Waals surface area contributed by atoms with Gasteiger partial charge in [0.05, 0.1) is 5.02 Å². The first kappa shape index (κ1) is 13.8. The number of pyridine rings is 1. The topological polar surface area (TPSA) is 54.0 Å². The van der Waals surface area contributed by atoms with Crippen molar-refractivity contribution in [3.8, 4) is 0 Å². The molecule has 0 aromatic carbocycles. The van der Waals surface area contributed by atoms with Gasteiger partial charge in [-0.05, 0) is 25.5 Å². The molecule has 17 heavy (non-hydrogen) atoms. The Labute approximate surface area is 107 Å². The maximum atomic E-state index is 11.5. The smallest absolute Gasteiger partial charge is 0.221 e. The molecule has 0 aliphatic heterocycles. The molecule has 0 aliphatic rings. The minimum Gasteiger partial charge on any atom is -0.370 e. The van der Waals surface area contributed by atoms with Crippen LogP contribution >= 0.6 is 11.6 Å². The monoisotopic (exact) mass is 255 g/mol. The van der Waals surface area contributed by atoms with Gasteiger partial charge < -0.3 is 10.6 Å². The summed E-state index contributed by atoms with van der Waals surface area (Å²) in [5, 5.41) is 6.57. The summed E-state index contributed by atoms with van der Waals surface area (Å²) in [6, 6.07) is 3.78. The molecule has 4 nitrogen and oxygen atoms in total. The van der Waals surface area contributed by atoms with Gasteiger partial charge in [-0.15, -0.1) is 0 Å². The van der Waals surface area contributed by atoms with Crippen molar-refractivity contribution in [3.63, 3.8) is 0 Å². The molecule has 94 valence electrons. The van der Waals surface area contributed by atoms with Crippen molar-refractivity contribution in [2.45, 2.75) is 32.7 Å². The van der Waals surface area contributed by atoms with Gasteiger partial charge in [-0.1, -0.05) is 18.5 Å². The summed E-state index contributed by atoms with van der Waals surface area (Å²) in [5.41, 5.74) is 0. The van der Waals surface area contributed by atoms with Crippen molar-refractivity contribution in [2.24, 2.45) is 0 Å². The molecule has 1 unspecified atom stereocenters. The Kier molecular flexibility index (Phi) is 5.77. The molecule has 0 spiro atoms. The van der Waals surface area contributed by atoms with Crippen molar-refractivity contribution in [1.82, 2.24) is 10.3 Å². The number of hydrogen-bond donors (Lipinski definition) is 2. The summed E-state index contributed by atoms with van der Waals surface area (Å²) in [5.74, 6) is 0.784. The molecule has 5 heteroatoms. The highest BCUT2D eigenvalue weighted by atomic mass is 35.5. The van der Waals surface area contributed by atoms with E-state index in [0.29, 0.717) is 18.0 Å². The van der Waals surface area contributed by atoms with Gasteiger partial charge in [0.2, 0.25) is 5.91 Å². The molecule has 0 saturated carbocycles. The third-order valence-corrected chi connectivity index (χ3v) is 2.63. The average molecular weight is 256 g/mol. The third kappa shape index (κ3) is 5.54. The van der Waals surface area contributed by atoms with Crippen molar-refractivity contribution in [3.05, 3.63) is 23.4 Å². The van der Waals surface area contributed by atoms with Crippen LogP contribution in [0.15, 0.2) is 18.3 Å². The van der Waals surface area contributed by atoms with Crippen LogP contribution < -0.4 is 10.6 Å². The number of carbonyl (C=O) groups excluding carboxylic acids is 1. The first-order valence-corrected chi connectivity index (χ1v) is 6.14. The summed E-state index contributed by atoms with van der Waals surface area (Å²) >= 11 is 5.72. The first-order valence-electron chi connectivity index (χ1n) is 5.76. The Morgan fingerprint density at radius 1 is 1.53 bits per heavy atom. The van der Waals surface area contributed by atoms with E-state index in [1.807, 2.05) is 13.8 Å². The quantitative estimate of drug-likeness (QED) is 0.821. The zero-order valence-corrected chi connectivity index (χ0v) is 10.9. The van der Waals surface area contributed by atoms with Crippen LogP contribution in [0.1, 0.15) is 26.7 Å². The summed E-state index contributed by atoms with van der Waals surface area (Å²) in [6.07, 6.45) is 2.95. The first-order chi connectivity index (χ1) is 8.11. The highest BCUT2D eigenvalue weighted by molar-refractivity contribution is 6.30. The minimum atomic E-state index is 0.0563. The zero-order chi connectivity index (χ0) is 12.7. The predicted molar refractivity (Wildman–Crippen MR) is 70.2 cm³/mol. The number of rotatable bonds is 6. The van der Waals surface area contributed by atoms with E-state index < -0.39 is 0 Å². The van der Waals surface area contributed by atoms with Gasteiger partial charge in [-0.25, -0.2) is 4.98 Å². The van der Waals surface area contributed by atoms with Crippen LogP contribution in [0.25, 0.3) is 0 Å². The standard InChI is InChI=1S/C12H18ClN3O/c1-3-9(2)16-12(17)6-7-14-11-5-4-10(13)8-15-11/h4-5,8-9H,3,6-7H2,1-2H3,(H,14,15)(H,16,17). The van der Waals surface area contributed by atoms with Gasteiger partial charge >= 0.3 is 0 Å². The summed E-state index contributed by atoms with van der Waals surface area (Å²) in [4.78, 5) is 15.5. The third-order valence-electron chi connectivity index (χ3n) is 2.41. The highest BCUT2D eigenvalue weighted by Gasteiger charge is 2.04. The number of carbonyl (C=O) groups is 1. The van der Waals surface area contributed by atoms with E-state index in [9.17, 15) is 4.79 Å². The number of nitrogens with zero attached hydrogens (tertiary/aromatic N) is 1. The Bertz CT molecular complexity index is 353. The van der Waals surface area contributed by atoms with Crippen LogP contribution in [0, 0.1) is 0 Å². The van der Waals surface area contributed by atoms with E-state index >= 15 is 0 Å². The molecule has 1 aromatic rings. The van der Waals surface area contributed by atoms with Crippen LogP contribution in [0.4, 0.5) is 5.82 Å². The van der Waals surface area contributed by atoms with E-state index in [4.69, 9.17) is 11.6 Å². The predicted octanol–water partition coefficient (Wildman–Crippen LogP) is 2.45. The van der Waals surface area contributed by atoms with Gasteiger partial charge in [-0.3, -0.25) is 4.79 Å². The number of amides is 1. The van der Waals surface area contributed by atoms with Gasteiger partial charge in [0, 0.05) is 25.2 Å². The average Bonchev–Trinajstić information content (AvgIpc) is 2.31. The van der Waals surface area contributed by atoms with Gasteiger partial charge in [0.25, 0.3) is 0 Å². The summed E-state index contributed by atoms with van der Waals surface area (Å²) < 4.78 is 0. The largest absolute Gasteiger partial charge is 0.370 e. The lowest BCUT2D eigenvalue weighted by molar-refractivity contribution is -0.121. The second kappa shape index (κ2) is 7.12. The Balaban J connectivity index is 2.23. The van der Waals surface area contributed by atoms with Gasteiger partial charge in [0.1, 0.15) is 5.82 Å². The van der Waals surface area contributed by atoms with Crippen molar-refractivity contribution < 1.29 is 4.79 Å². The zero-order valence-electron chi connectivity index (χ0n) is 10.2. The molecule has 2 N–H and O–H groups in total. The van der Waals surface area contributed by atoms with Crippen LogP contribution in [-0.2, 0) is 4.79 Å². The molecular formula is C12H18ClN3O. The van der Waals surface area contributed by atoms with Crippen molar-refractivity contribution >= 4 is 23.3 Å². The fourth-order valence-corrected chi connectivity index (χ4v) is 1.35. The summed E-state index contributed by atoms with van der Waals surface area (Å²) in [7, 11) is 0. The van der Waals surface area contributed by atoms with E-state index in [0.717, 1.165) is 12.2 Å². The maximum Gasteiger partial charge on any atom is 0.221 e. The van der Waals surface area contributed by atoms with Crippen LogP contribution in [0.5, 0.6) is 0 Å². The summed E-state index contributed by atoms with van der Waals surface area (Å²) in [6.45, 7) is 4.60. The molecule has 0 radical (unpaired) electrons. The SMILES string of the molecule is CCC(C)NC(=O)CCNc1ccc(Cl)cn1. The highest BCUT2D eigenvalue weighted by Crippen LogP contribution is 2.09. The number of hydrogen-bond acceptors (Lipinski definition) is 3. The van der Waals surface area contributed by atoms with Crippen molar-refractivity contribution in [2.75, 3.05) is 11.9 Å².